The van der Waals surface area contributed by atoms with Gasteiger partial charge in [-0.15, -0.1) is 0 Å². The Morgan fingerprint density at radius 2 is 1.31 bits per heavy atom. The third kappa shape index (κ3) is 16.2. The smallest absolute Gasteiger partial charge is 0.372 e. The Morgan fingerprint density at radius 1 is 0.732 bits per heavy atom. The lowest BCUT2D eigenvalue weighted by atomic mass is 9.89. The molecule has 0 spiro atoms. The summed E-state index contributed by atoms with van der Waals surface area (Å²) in [5.41, 5.74) is 16.5. The number of aliphatic carboxylic acids is 1. The highest BCUT2D eigenvalue weighted by Crippen LogP contribution is 2.35. The molecule has 4 saturated heterocycles. The molecule has 4 aromatic rings. The van der Waals surface area contributed by atoms with Gasteiger partial charge in [-0.05, 0) is 155 Å². The van der Waals surface area contributed by atoms with Gasteiger partial charge in [0.2, 0.25) is 5.78 Å². The number of nitrogens with one attached hydrogen (secondary N) is 2. The number of likely N-dealkylation sites (tertiary alicyclic amines) is 3. The second-order valence-electron chi connectivity index (χ2n) is 20.1. The van der Waals surface area contributed by atoms with Crippen LogP contribution in [0.25, 0.3) is 0 Å². The summed E-state index contributed by atoms with van der Waals surface area (Å²) >= 11 is 0. The molecule has 6 heterocycles. The van der Waals surface area contributed by atoms with Crippen LogP contribution in [-0.4, -0.2) is 120 Å². The second-order valence-corrected chi connectivity index (χ2v) is 20.1. The van der Waals surface area contributed by atoms with Gasteiger partial charge in [-0.1, -0.05) is 58.0 Å². The second kappa shape index (κ2) is 26.4. The average molecular weight is 976 g/mol. The van der Waals surface area contributed by atoms with Crippen molar-refractivity contribution < 1.29 is 33.8 Å². The maximum absolute atomic E-state index is 13.3. The van der Waals surface area contributed by atoms with E-state index in [-0.39, 0.29) is 12.5 Å². The number of nitrogens with two attached hydrogens (primary N) is 2. The molecule has 16 heteroatoms. The number of hydrogen-bond acceptors (Lipinski definition) is 13. The minimum absolute atomic E-state index is 0.143. The first-order valence-electron chi connectivity index (χ1n) is 25.5. The van der Waals surface area contributed by atoms with Gasteiger partial charge in [-0.3, -0.25) is 14.4 Å². The molecule has 0 aliphatic carbocycles. The fourth-order valence-corrected chi connectivity index (χ4v) is 9.79. The lowest BCUT2D eigenvalue weighted by Crippen LogP contribution is -2.46. The Morgan fingerprint density at radius 3 is 1.87 bits per heavy atom. The third-order valence-electron chi connectivity index (χ3n) is 14.1. The van der Waals surface area contributed by atoms with Crippen LogP contribution in [-0.2, 0) is 38.4 Å². The Hall–Kier alpha value is -6.10. The fourth-order valence-electron chi connectivity index (χ4n) is 9.79. The monoisotopic (exact) mass is 976 g/mol. The topological polar surface area (TPSA) is 219 Å². The van der Waals surface area contributed by atoms with E-state index >= 15 is 0 Å². The van der Waals surface area contributed by atoms with E-state index in [0.717, 1.165) is 79.6 Å². The minimum atomic E-state index is -1.43. The van der Waals surface area contributed by atoms with Crippen LogP contribution < -0.4 is 31.6 Å². The number of ketones is 1. The molecule has 0 unspecified atom stereocenters. The number of nitrogens with zero attached hydrogens (tertiary/aromatic N) is 5. The summed E-state index contributed by atoms with van der Waals surface area (Å²) in [4.78, 5) is 61.9. The van der Waals surface area contributed by atoms with Crippen molar-refractivity contribution in [3.63, 3.8) is 0 Å². The van der Waals surface area contributed by atoms with Gasteiger partial charge in [0, 0.05) is 50.1 Å². The van der Waals surface area contributed by atoms with Gasteiger partial charge >= 0.3 is 17.8 Å². The van der Waals surface area contributed by atoms with Crippen molar-refractivity contribution >= 4 is 40.9 Å². The third-order valence-corrected chi connectivity index (χ3v) is 14.1. The quantitative estimate of drug-likeness (QED) is 0.0805. The molecule has 8 rings (SSSR count). The summed E-state index contributed by atoms with van der Waals surface area (Å²) in [7, 11) is 4.33. The Labute approximate surface area is 420 Å². The molecule has 0 bridgehead atoms. The maximum atomic E-state index is 13.3. The van der Waals surface area contributed by atoms with Crippen LogP contribution in [0, 0.1) is 23.7 Å². The summed E-state index contributed by atoms with van der Waals surface area (Å²) in [6, 6.07) is 20.5. The van der Waals surface area contributed by atoms with E-state index in [4.69, 9.17) is 26.0 Å². The van der Waals surface area contributed by atoms with Gasteiger partial charge in [0.05, 0.1) is 31.1 Å². The Balaban J connectivity index is 0.000000194. The summed E-state index contributed by atoms with van der Waals surface area (Å²) in [6.45, 7) is 16.1. The van der Waals surface area contributed by atoms with Crippen LogP contribution in [0.2, 0.25) is 0 Å². The van der Waals surface area contributed by atoms with Crippen molar-refractivity contribution in [1.82, 2.24) is 30.0 Å². The minimum Gasteiger partial charge on any atom is -0.493 e. The van der Waals surface area contributed by atoms with Crippen LogP contribution >= 0.6 is 0 Å². The van der Waals surface area contributed by atoms with Crippen molar-refractivity contribution in [2.75, 3.05) is 83.4 Å². The number of Topliss-reactive ketones (excluding diaryl/α,β-unsaturated/α-hetero) is 1. The molecule has 4 aliphatic heterocycles. The number of rotatable bonds is 14. The van der Waals surface area contributed by atoms with Crippen molar-refractivity contribution in [3.8, 4) is 11.5 Å². The first-order valence-corrected chi connectivity index (χ1v) is 25.5. The number of carbonyl (C=O) groups excluding carboxylic acids is 3. The van der Waals surface area contributed by atoms with Crippen LogP contribution in [0.3, 0.4) is 0 Å². The van der Waals surface area contributed by atoms with Crippen LogP contribution in [0.1, 0.15) is 106 Å². The molecular formula is C55H77N9O7. The summed E-state index contributed by atoms with van der Waals surface area (Å²) < 4.78 is 12.2. The van der Waals surface area contributed by atoms with Gasteiger partial charge in [0.1, 0.15) is 23.1 Å². The van der Waals surface area contributed by atoms with E-state index in [1.54, 1.807) is 17.0 Å². The predicted molar refractivity (Wildman–Crippen MR) is 278 cm³/mol. The highest BCUT2D eigenvalue weighted by atomic mass is 16.5. The van der Waals surface area contributed by atoms with Crippen LogP contribution in [0.4, 0.5) is 17.3 Å². The summed E-state index contributed by atoms with van der Waals surface area (Å²) in [6.07, 6.45) is 10.9. The van der Waals surface area contributed by atoms with E-state index in [1.165, 1.54) is 50.3 Å². The van der Waals surface area contributed by atoms with Crippen molar-refractivity contribution in [3.05, 3.63) is 101 Å². The maximum Gasteiger partial charge on any atom is 0.372 e. The Kier molecular flexibility index (Phi) is 20.1. The fraction of sp³-hybridized carbons (Fsp3) is 0.527. The molecule has 16 nitrogen and oxygen atoms in total. The number of ether oxygens (including phenoxy) is 2. The van der Waals surface area contributed by atoms with Crippen molar-refractivity contribution in [2.24, 2.45) is 23.7 Å². The number of aryl methyl sites for hydroxylation is 2. The molecule has 4 aliphatic rings. The molecule has 4 fully saturated rings. The number of carboxylic acid groups (broad SMARTS) is 1. The molecule has 6 atom stereocenters. The molecule has 7 N–H and O–H groups in total. The molecule has 0 radical (unpaired) electrons. The number of anilines is 3. The largest absolute Gasteiger partial charge is 0.493 e. The highest BCUT2D eigenvalue weighted by Gasteiger charge is 2.35. The van der Waals surface area contributed by atoms with Crippen LogP contribution in [0.15, 0.2) is 73.1 Å². The Bertz CT molecular complexity index is 2410. The number of piperidine rings is 2. The van der Waals surface area contributed by atoms with E-state index in [9.17, 15) is 19.2 Å². The zero-order valence-corrected chi connectivity index (χ0v) is 42.7. The lowest BCUT2D eigenvalue weighted by Gasteiger charge is -2.38. The first kappa shape index (κ1) is 54.2. The molecular weight excluding hydrogens is 899 g/mol. The number of carbonyl (C=O) groups is 4. The number of carboxylic acids is 1. The van der Waals surface area contributed by atoms with E-state index in [1.807, 2.05) is 38.1 Å². The number of nitrogen functional groups attached to an aromatic ring is 2. The molecule has 2 aromatic carbocycles. The molecule has 384 valence electrons. The van der Waals surface area contributed by atoms with E-state index < -0.39 is 23.6 Å². The van der Waals surface area contributed by atoms with Crippen LogP contribution in [0.5, 0.6) is 11.5 Å². The zero-order valence-electron chi connectivity index (χ0n) is 42.7. The van der Waals surface area contributed by atoms with Gasteiger partial charge in [-0.25, -0.2) is 14.8 Å². The summed E-state index contributed by atoms with van der Waals surface area (Å²) in [5, 5.41) is 14.8. The van der Waals surface area contributed by atoms with Crippen molar-refractivity contribution in [1.29, 1.82) is 0 Å². The van der Waals surface area contributed by atoms with Crippen molar-refractivity contribution in [2.45, 2.75) is 97.6 Å². The molecule has 2 amide bonds. The normalized spacial score (nSPS) is 22.3. The lowest BCUT2D eigenvalue weighted by molar-refractivity contribution is -0.148. The molecule has 2 aromatic heterocycles. The molecule has 71 heavy (non-hydrogen) atoms. The average Bonchev–Trinajstić information content (AvgIpc) is 4.00. The highest BCUT2D eigenvalue weighted by molar-refractivity contribution is 6.39. The number of benzene rings is 2. The number of amides is 2. The summed E-state index contributed by atoms with van der Waals surface area (Å²) in [5.74, 6) is 1.60. The van der Waals surface area contributed by atoms with E-state index in [2.05, 4.69) is 82.6 Å². The predicted octanol–water partition coefficient (Wildman–Crippen LogP) is 7.00. The number of pyridine rings is 2. The van der Waals surface area contributed by atoms with Gasteiger partial charge in [0.15, 0.2) is 0 Å². The molecule has 0 saturated carbocycles. The van der Waals surface area contributed by atoms with Gasteiger partial charge in [-0.2, -0.15) is 0 Å². The number of aromatic nitrogens is 2. The standard InChI is InChI=1S/C27H37N5O3.C18H28N2O.C10H12N2O3/c1-4-20-12-22(14-29-25(20)28)30-26(33)27(34)32-15-18(2)8-9-24(32)21-6-5-7-23(13-21)35-17-19-10-11-31(3)16-19;1-14-6-7-18(19-11-14)16-4-3-5-17(10-16)21-13-15-8-9-20(2)12-15;1-2-7-3-6(5-12-9(7)11)4-8(13)10(14)15/h5-7,12-14,18-19,24H,4,8-11,15-17H2,1-3H3,(H2,28,29)(H,30,33);3-5,10,14-15,18-19H,6-9,11-13H2,1-2H3;3,5H,2,4H2,1H3,(H2,11,12)(H,14,15)/t18-,19+,24+;14-,15+,18+;/m00./s1. The first-order chi connectivity index (χ1) is 34.1. The van der Waals surface area contributed by atoms with Gasteiger partial charge < -0.3 is 51.4 Å². The van der Waals surface area contributed by atoms with Gasteiger partial charge in [0.25, 0.3) is 0 Å². The zero-order chi connectivity index (χ0) is 51.0. The van der Waals surface area contributed by atoms with E-state index in [0.29, 0.717) is 72.7 Å². The number of hydrogen-bond donors (Lipinski definition) is 5. The SMILES string of the molecule is CCc1cc(CC(=O)C(=O)O)cnc1N.CCc1cc(NC(=O)C(=O)N2C[C@@H](C)CC[C@@H]2c2cccc(OC[C@@H]3CCN(C)C3)c2)cnc1N.C[C@H]1CC[C@H](c2cccc(OC[C@@H]3CCN(C)C3)c2)NC1.